The van der Waals surface area contributed by atoms with Crippen LogP contribution in [0.2, 0.25) is 0 Å². The molecule has 2 nitrogen and oxygen atoms in total. The third-order valence-corrected chi connectivity index (χ3v) is 2.09. The summed E-state index contributed by atoms with van der Waals surface area (Å²) in [7, 11) is 0. The summed E-state index contributed by atoms with van der Waals surface area (Å²) in [5.41, 5.74) is 6.88. The zero-order valence-electron chi connectivity index (χ0n) is 6.83. The molecule has 1 atom stereocenters. The van der Waals surface area contributed by atoms with Crippen LogP contribution in [0.3, 0.4) is 0 Å². The Morgan fingerprint density at radius 2 is 2.25 bits per heavy atom. The molecule has 0 unspecified atom stereocenters. The first-order chi connectivity index (χ1) is 5.24. The highest BCUT2D eigenvalue weighted by Crippen LogP contribution is 2.14. The molecule has 0 aromatic carbocycles. The summed E-state index contributed by atoms with van der Waals surface area (Å²) in [5, 5.41) is 0. The third-order valence-electron chi connectivity index (χ3n) is 1.62. The van der Waals surface area contributed by atoms with Crippen LogP contribution in [-0.2, 0) is 0 Å². The van der Waals surface area contributed by atoms with Crippen molar-refractivity contribution in [2.75, 3.05) is 0 Å². The normalized spacial score (nSPS) is 11.9. The molecule has 4 heteroatoms. The van der Waals surface area contributed by atoms with Gasteiger partial charge in [-0.2, -0.15) is 0 Å². The van der Waals surface area contributed by atoms with Crippen LogP contribution in [0.4, 0.5) is 0 Å². The molecule has 0 spiro atoms. The van der Waals surface area contributed by atoms with E-state index in [2.05, 4.69) is 27.8 Å². The maximum Gasteiger partial charge on any atom is 0.106 e. The van der Waals surface area contributed by atoms with Crippen LogP contribution in [0.5, 0.6) is 0 Å². The lowest BCUT2D eigenvalue weighted by molar-refractivity contribution is 0.695. The first-order valence-electron chi connectivity index (χ1n) is 3.61. The Morgan fingerprint density at radius 3 is 2.67 bits per heavy atom. The van der Waals surface area contributed by atoms with Gasteiger partial charge in [0, 0.05) is 12.2 Å². The fourth-order valence-electron chi connectivity index (χ4n) is 0.842. The second-order valence-electron chi connectivity index (χ2n) is 2.43. The Kier molecular flexibility index (Phi) is 5.46. The topological polar surface area (TPSA) is 38.9 Å². The van der Waals surface area contributed by atoms with Gasteiger partial charge >= 0.3 is 0 Å². The van der Waals surface area contributed by atoms with Crippen molar-refractivity contribution in [3.05, 3.63) is 28.5 Å². The lowest BCUT2D eigenvalue weighted by Crippen LogP contribution is -2.08. The zero-order chi connectivity index (χ0) is 8.27. The predicted molar refractivity (Wildman–Crippen MR) is 56.4 cm³/mol. The summed E-state index contributed by atoms with van der Waals surface area (Å²) in [6.45, 7) is 2.06. The van der Waals surface area contributed by atoms with Gasteiger partial charge in [0.1, 0.15) is 4.60 Å². The van der Waals surface area contributed by atoms with Gasteiger partial charge in [-0.05, 0) is 34.0 Å². The van der Waals surface area contributed by atoms with E-state index >= 15 is 0 Å². The highest BCUT2D eigenvalue weighted by molar-refractivity contribution is 9.10. The number of hydrogen-bond acceptors (Lipinski definition) is 2. The molecule has 2 N–H and O–H groups in total. The number of nitrogens with zero attached hydrogens (tertiary/aromatic N) is 1. The molecule has 68 valence electrons. The molecule has 0 amide bonds. The van der Waals surface area contributed by atoms with E-state index in [1.54, 1.807) is 6.20 Å². The standard InChI is InChI=1S/C8H11BrN2.ClH/c1-2-7(10)6-3-4-8(9)11-5-6;/h3-5,7H,2,10H2,1H3;1H/t7-;/m1./s1. The first kappa shape index (κ1) is 11.9. The van der Waals surface area contributed by atoms with E-state index < -0.39 is 0 Å². The van der Waals surface area contributed by atoms with E-state index in [0.717, 1.165) is 16.6 Å². The minimum Gasteiger partial charge on any atom is -0.324 e. The minimum absolute atomic E-state index is 0. The number of aromatic nitrogens is 1. The van der Waals surface area contributed by atoms with E-state index in [9.17, 15) is 0 Å². The molecular weight excluding hydrogens is 239 g/mol. The molecule has 0 radical (unpaired) electrons. The van der Waals surface area contributed by atoms with Crippen molar-refractivity contribution in [1.29, 1.82) is 0 Å². The van der Waals surface area contributed by atoms with Gasteiger partial charge in [0.05, 0.1) is 0 Å². The van der Waals surface area contributed by atoms with Crippen molar-refractivity contribution < 1.29 is 0 Å². The quantitative estimate of drug-likeness (QED) is 0.821. The third kappa shape index (κ3) is 3.09. The van der Waals surface area contributed by atoms with Crippen LogP contribution >= 0.6 is 28.3 Å². The van der Waals surface area contributed by atoms with Crippen molar-refractivity contribution in [2.24, 2.45) is 5.73 Å². The van der Waals surface area contributed by atoms with Gasteiger partial charge in [-0.15, -0.1) is 12.4 Å². The predicted octanol–water partition coefficient (Wildman–Crippen LogP) is 2.68. The number of nitrogens with two attached hydrogens (primary N) is 1. The molecule has 0 aliphatic rings. The molecular formula is C8H12BrClN2. The van der Waals surface area contributed by atoms with Crippen LogP contribution in [0, 0.1) is 0 Å². The van der Waals surface area contributed by atoms with Crippen molar-refractivity contribution in [3.8, 4) is 0 Å². The van der Waals surface area contributed by atoms with Crippen LogP contribution in [-0.4, -0.2) is 4.98 Å². The van der Waals surface area contributed by atoms with Crippen LogP contribution < -0.4 is 5.73 Å². The molecule has 1 rings (SSSR count). The lowest BCUT2D eigenvalue weighted by atomic mass is 10.1. The van der Waals surface area contributed by atoms with Gasteiger partial charge in [0.15, 0.2) is 0 Å². The number of pyridine rings is 1. The van der Waals surface area contributed by atoms with Crippen LogP contribution in [0.25, 0.3) is 0 Å². The average Bonchev–Trinajstić information content (AvgIpc) is 2.05. The molecule has 0 aliphatic heterocycles. The molecule has 0 fully saturated rings. The van der Waals surface area contributed by atoms with Gasteiger partial charge in [0.25, 0.3) is 0 Å². The largest absolute Gasteiger partial charge is 0.324 e. The number of rotatable bonds is 2. The summed E-state index contributed by atoms with van der Waals surface area (Å²) in [6, 6.07) is 4.02. The van der Waals surface area contributed by atoms with E-state index in [1.165, 1.54) is 0 Å². The van der Waals surface area contributed by atoms with Crippen LogP contribution in [0.15, 0.2) is 22.9 Å². The molecule has 0 saturated heterocycles. The lowest BCUT2D eigenvalue weighted by Gasteiger charge is -2.07. The highest BCUT2D eigenvalue weighted by Gasteiger charge is 2.01. The molecule has 0 aliphatic carbocycles. The summed E-state index contributed by atoms with van der Waals surface area (Å²) in [4.78, 5) is 4.08. The molecule has 1 heterocycles. The van der Waals surface area contributed by atoms with E-state index in [4.69, 9.17) is 5.73 Å². The van der Waals surface area contributed by atoms with E-state index in [-0.39, 0.29) is 18.4 Å². The maximum atomic E-state index is 5.79. The van der Waals surface area contributed by atoms with E-state index in [0.29, 0.717) is 0 Å². The Labute approximate surface area is 87.1 Å². The number of halogens is 2. The summed E-state index contributed by atoms with van der Waals surface area (Å²) < 4.78 is 0.851. The fraction of sp³-hybridized carbons (Fsp3) is 0.375. The second kappa shape index (κ2) is 5.51. The van der Waals surface area contributed by atoms with Gasteiger partial charge in [-0.25, -0.2) is 4.98 Å². The summed E-state index contributed by atoms with van der Waals surface area (Å²) >= 11 is 3.26. The molecule has 1 aromatic rings. The van der Waals surface area contributed by atoms with Crippen molar-refractivity contribution in [2.45, 2.75) is 19.4 Å². The fourth-order valence-corrected chi connectivity index (χ4v) is 1.08. The molecule has 1 aromatic heterocycles. The minimum atomic E-state index is 0. The maximum absolute atomic E-state index is 5.79. The summed E-state index contributed by atoms with van der Waals surface area (Å²) in [6.07, 6.45) is 2.75. The Bertz CT molecular complexity index is 225. The first-order valence-corrected chi connectivity index (χ1v) is 4.40. The average molecular weight is 252 g/mol. The molecule has 0 bridgehead atoms. The van der Waals surface area contributed by atoms with Gasteiger partial charge in [-0.3, -0.25) is 0 Å². The van der Waals surface area contributed by atoms with Crippen molar-refractivity contribution >= 4 is 28.3 Å². The smallest absolute Gasteiger partial charge is 0.106 e. The Hall–Kier alpha value is -0.120. The SMILES string of the molecule is CC[C@@H](N)c1ccc(Br)nc1.Cl. The molecule has 0 saturated carbocycles. The highest BCUT2D eigenvalue weighted by atomic mass is 79.9. The monoisotopic (exact) mass is 250 g/mol. The molecule has 12 heavy (non-hydrogen) atoms. The zero-order valence-corrected chi connectivity index (χ0v) is 9.23. The van der Waals surface area contributed by atoms with Gasteiger partial charge in [0.2, 0.25) is 0 Å². The van der Waals surface area contributed by atoms with Gasteiger partial charge < -0.3 is 5.73 Å². The van der Waals surface area contributed by atoms with Crippen molar-refractivity contribution in [3.63, 3.8) is 0 Å². The Morgan fingerprint density at radius 1 is 1.58 bits per heavy atom. The van der Waals surface area contributed by atoms with E-state index in [1.807, 2.05) is 12.1 Å². The van der Waals surface area contributed by atoms with Gasteiger partial charge in [-0.1, -0.05) is 13.0 Å². The number of hydrogen-bond donors (Lipinski definition) is 1. The summed E-state index contributed by atoms with van der Waals surface area (Å²) in [5.74, 6) is 0. The Balaban J connectivity index is 0.00000121. The second-order valence-corrected chi connectivity index (χ2v) is 3.24. The van der Waals surface area contributed by atoms with Crippen LogP contribution in [0.1, 0.15) is 24.9 Å². The van der Waals surface area contributed by atoms with Crippen molar-refractivity contribution in [1.82, 2.24) is 4.98 Å².